The zero-order valence-corrected chi connectivity index (χ0v) is 28.2. The monoisotopic (exact) mass is 690 g/mol. The molecule has 222 valence electrons. The fourth-order valence-corrected chi connectivity index (χ4v) is 6.16. The summed E-state index contributed by atoms with van der Waals surface area (Å²) in [5.74, 6) is 1.96. The quantitative estimate of drug-likeness (QED) is 0.101. The van der Waals surface area contributed by atoms with E-state index in [2.05, 4.69) is 161 Å². The van der Waals surface area contributed by atoms with E-state index in [1.54, 1.807) is 0 Å². The van der Waals surface area contributed by atoms with Crippen LogP contribution in [-0.4, -0.2) is 0 Å². The summed E-state index contributed by atoms with van der Waals surface area (Å²) in [5, 5.41) is 0. The van der Waals surface area contributed by atoms with Crippen LogP contribution in [0, 0.1) is 31.3 Å². The third-order valence-corrected chi connectivity index (χ3v) is 8.75. The van der Waals surface area contributed by atoms with E-state index in [4.69, 9.17) is 9.47 Å². The number of hydrogen-bond donors (Lipinski definition) is 0. The second-order valence-electron chi connectivity index (χ2n) is 11.4. The molecule has 0 saturated heterocycles. The summed E-state index contributed by atoms with van der Waals surface area (Å²) in [6.45, 7) is 17.3. The minimum absolute atomic E-state index is 0.0720. The van der Waals surface area contributed by atoms with Crippen molar-refractivity contribution in [3.8, 4) is 11.5 Å². The number of hydrogen-bond acceptors (Lipinski definition) is 2. The second kappa shape index (κ2) is 14.1. The predicted octanol–water partition coefficient (Wildman–Crippen LogP) is 11.1. The molecule has 0 spiro atoms. The van der Waals surface area contributed by atoms with E-state index in [0.29, 0.717) is 13.2 Å². The van der Waals surface area contributed by atoms with Gasteiger partial charge in [-0.25, -0.2) is 0 Å². The lowest BCUT2D eigenvalue weighted by atomic mass is 9.82. The van der Waals surface area contributed by atoms with Gasteiger partial charge in [0.25, 0.3) is 0 Å². The standard InChI is InChI=1S/C41H39IO2/c1-7-31-9-13-33(14-10-31)25-43-40-27(3)21-36(22-28(40)4)39(35-17-19-38(42)20-18-35)37-23-29(5)41(30(6)24-37)44-26-34-15-11-32(8-2)12-16-34/h7-24,39H,1-2,25-26H2,3-6H3. The van der Waals surface area contributed by atoms with E-state index >= 15 is 0 Å². The molecule has 0 aliphatic rings. The molecular formula is C41H39IO2. The third-order valence-electron chi connectivity index (χ3n) is 8.03. The van der Waals surface area contributed by atoms with Crippen LogP contribution in [0.2, 0.25) is 0 Å². The first-order chi connectivity index (χ1) is 21.2. The topological polar surface area (TPSA) is 18.5 Å². The minimum atomic E-state index is 0.0720. The van der Waals surface area contributed by atoms with Gasteiger partial charge >= 0.3 is 0 Å². The Morgan fingerprint density at radius 2 is 0.909 bits per heavy atom. The molecular weight excluding hydrogens is 651 g/mol. The number of aryl methyl sites for hydroxylation is 4. The Kier molecular flexibility index (Phi) is 10.1. The molecule has 0 aliphatic heterocycles. The molecule has 0 saturated carbocycles. The van der Waals surface area contributed by atoms with Crippen LogP contribution in [-0.2, 0) is 13.2 Å². The highest BCUT2D eigenvalue weighted by Gasteiger charge is 2.21. The Balaban J connectivity index is 1.45. The second-order valence-corrected chi connectivity index (χ2v) is 12.7. The van der Waals surface area contributed by atoms with E-state index in [1.807, 2.05) is 12.2 Å². The van der Waals surface area contributed by atoms with E-state index < -0.39 is 0 Å². The van der Waals surface area contributed by atoms with Crippen molar-refractivity contribution in [1.82, 2.24) is 0 Å². The third kappa shape index (κ3) is 7.34. The Morgan fingerprint density at radius 1 is 0.545 bits per heavy atom. The Morgan fingerprint density at radius 3 is 1.25 bits per heavy atom. The van der Waals surface area contributed by atoms with Crippen LogP contribution in [0.15, 0.2) is 110 Å². The van der Waals surface area contributed by atoms with Crippen molar-refractivity contribution in [3.05, 3.63) is 175 Å². The van der Waals surface area contributed by atoms with Gasteiger partial charge in [0.1, 0.15) is 24.7 Å². The van der Waals surface area contributed by atoms with Crippen LogP contribution < -0.4 is 9.47 Å². The molecule has 0 aliphatic carbocycles. The van der Waals surface area contributed by atoms with Gasteiger partial charge in [-0.15, -0.1) is 0 Å². The summed E-state index contributed by atoms with van der Waals surface area (Å²) in [4.78, 5) is 0. The average molecular weight is 691 g/mol. The summed E-state index contributed by atoms with van der Waals surface area (Å²) in [5.41, 5.74) is 12.8. The fraction of sp³-hybridized carbons (Fsp3) is 0.171. The van der Waals surface area contributed by atoms with Crippen molar-refractivity contribution < 1.29 is 9.47 Å². The van der Waals surface area contributed by atoms with Crippen LogP contribution in [0.25, 0.3) is 12.2 Å². The van der Waals surface area contributed by atoms with E-state index in [0.717, 1.165) is 56.0 Å². The van der Waals surface area contributed by atoms with E-state index in [-0.39, 0.29) is 5.92 Å². The Bertz CT molecular complexity index is 1610. The van der Waals surface area contributed by atoms with Gasteiger partial charge in [0.15, 0.2) is 0 Å². The first kappa shape index (κ1) is 31.3. The van der Waals surface area contributed by atoms with Crippen LogP contribution in [0.5, 0.6) is 11.5 Å². The Labute approximate surface area is 276 Å². The lowest BCUT2D eigenvalue weighted by molar-refractivity contribution is 0.301. The van der Waals surface area contributed by atoms with Gasteiger partial charge in [-0.3, -0.25) is 0 Å². The molecule has 3 heteroatoms. The van der Waals surface area contributed by atoms with Crippen LogP contribution in [0.4, 0.5) is 0 Å². The van der Waals surface area contributed by atoms with Gasteiger partial charge in [0, 0.05) is 9.49 Å². The van der Waals surface area contributed by atoms with E-state index in [9.17, 15) is 0 Å². The van der Waals surface area contributed by atoms with Gasteiger partial charge in [-0.2, -0.15) is 0 Å². The molecule has 2 nitrogen and oxygen atoms in total. The van der Waals surface area contributed by atoms with Crippen molar-refractivity contribution >= 4 is 34.7 Å². The van der Waals surface area contributed by atoms with Crippen molar-refractivity contribution in [2.45, 2.75) is 46.8 Å². The van der Waals surface area contributed by atoms with Gasteiger partial charge in [0.2, 0.25) is 0 Å². The summed E-state index contributed by atoms with van der Waals surface area (Å²) in [7, 11) is 0. The normalized spacial score (nSPS) is 11.0. The van der Waals surface area contributed by atoms with Crippen molar-refractivity contribution in [1.29, 1.82) is 0 Å². The molecule has 44 heavy (non-hydrogen) atoms. The first-order valence-electron chi connectivity index (χ1n) is 14.9. The molecule has 0 N–H and O–H groups in total. The maximum absolute atomic E-state index is 6.37. The molecule has 0 bridgehead atoms. The summed E-state index contributed by atoms with van der Waals surface area (Å²) in [6.07, 6.45) is 3.71. The highest BCUT2D eigenvalue weighted by molar-refractivity contribution is 14.1. The maximum Gasteiger partial charge on any atom is 0.125 e. The zero-order valence-electron chi connectivity index (χ0n) is 26.0. The number of halogens is 1. The number of ether oxygens (including phenoxy) is 2. The van der Waals surface area contributed by atoms with Gasteiger partial charge in [0.05, 0.1) is 0 Å². The maximum atomic E-state index is 6.37. The summed E-state index contributed by atoms with van der Waals surface area (Å²) in [6, 6.07) is 34.7. The van der Waals surface area contributed by atoms with Crippen LogP contribution >= 0.6 is 22.6 Å². The molecule has 0 fully saturated rings. The van der Waals surface area contributed by atoms with E-state index in [1.165, 1.54) is 20.3 Å². The van der Waals surface area contributed by atoms with Gasteiger partial charge < -0.3 is 9.47 Å². The SMILES string of the molecule is C=Cc1ccc(COc2c(C)cc(C(c3ccc(I)cc3)c3cc(C)c(OCc4ccc(C=C)cc4)c(C)c3)cc2C)cc1. The average Bonchev–Trinajstić information content (AvgIpc) is 3.02. The highest BCUT2D eigenvalue weighted by Crippen LogP contribution is 2.39. The Hall–Kier alpha value is -4.09. The molecule has 5 rings (SSSR count). The first-order valence-corrected chi connectivity index (χ1v) is 16.0. The number of rotatable bonds is 11. The van der Waals surface area contributed by atoms with Crippen molar-refractivity contribution in [3.63, 3.8) is 0 Å². The molecule has 0 atom stereocenters. The van der Waals surface area contributed by atoms with Gasteiger partial charge in [-0.05, 0) is 124 Å². The molecule has 0 aromatic heterocycles. The molecule has 0 heterocycles. The lowest BCUT2D eigenvalue weighted by Gasteiger charge is -2.24. The predicted molar refractivity (Wildman–Crippen MR) is 194 cm³/mol. The molecule has 5 aromatic rings. The van der Waals surface area contributed by atoms with Crippen LogP contribution in [0.3, 0.4) is 0 Å². The number of benzene rings is 5. The van der Waals surface area contributed by atoms with Crippen LogP contribution in [0.1, 0.15) is 67.1 Å². The highest BCUT2D eigenvalue weighted by atomic mass is 127. The molecule has 5 aromatic carbocycles. The summed E-state index contributed by atoms with van der Waals surface area (Å²) >= 11 is 2.37. The molecule has 0 unspecified atom stereocenters. The van der Waals surface area contributed by atoms with Crippen molar-refractivity contribution in [2.24, 2.45) is 0 Å². The zero-order chi connectivity index (χ0) is 31.2. The minimum Gasteiger partial charge on any atom is -0.488 e. The summed E-state index contributed by atoms with van der Waals surface area (Å²) < 4.78 is 14.0. The van der Waals surface area contributed by atoms with Gasteiger partial charge in [-0.1, -0.05) is 110 Å². The fourth-order valence-electron chi connectivity index (χ4n) is 5.80. The smallest absolute Gasteiger partial charge is 0.125 e. The molecule has 0 radical (unpaired) electrons. The largest absolute Gasteiger partial charge is 0.488 e. The van der Waals surface area contributed by atoms with Crippen molar-refractivity contribution in [2.75, 3.05) is 0 Å². The molecule has 0 amide bonds. The lowest BCUT2D eigenvalue weighted by Crippen LogP contribution is -2.08.